The van der Waals surface area contributed by atoms with Gasteiger partial charge in [0, 0.05) is 44.6 Å². The van der Waals surface area contributed by atoms with Crippen molar-refractivity contribution in [3.05, 3.63) is 187 Å². The number of rotatable bonds is 5. The average molecular weight is 694 g/mol. The van der Waals surface area contributed by atoms with Crippen LogP contribution in [0.25, 0.3) is 77.3 Å². The summed E-state index contributed by atoms with van der Waals surface area (Å²) < 4.78 is 13.2. The summed E-state index contributed by atoms with van der Waals surface area (Å²) in [5.74, 6) is 0. The van der Waals surface area contributed by atoms with Crippen LogP contribution < -0.4 is 4.90 Å². The fraction of sp³-hybridized carbons (Fsp3) is 0.0588. The Morgan fingerprint density at radius 3 is 1.94 bits per heavy atom. The number of fused-ring (bicyclic) bond motifs is 9. The highest BCUT2D eigenvalue weighted by atomic mass is 16.3. The van der Waals surface area contributed by atoms with E-state index >= 15 is 0 Å². The molecule has 0 fully saturated rings. The van der Waals surface area contributed by atoms with Gasteiger partial charge in [-0.1, -0.05) is 135 Å². The number of anilines is 3. The van der Waals surface area contributed by atoms with Crippen molar-refractivity contribution < 1.29 is 8.83 Å². The molecule has 10 aromatic rings. The lowest BCUT2D eigenvalue weighted by Gasteiger charge is -2.28. The molecule has 2 heterocycles. The molecule has 0 N–H and O–H groups in total. The second-order valence-corrected chi connectivity index (χ2v) is 14.9. The first-order valence-corrected chi connectivity index (χ1v) is 18.6. The molecule has 256 valence electrons. The van der Waals surface area contributed by atoms with Crippen LogP contribution in [0, 0.1) is 0 Å². The van der Waals surface area contributed by atoms with E-state index in [-0.39, 0.29) is 5.41 Å². The lowest BCUT2D eigenvalue weighted by molar-refractivity contribution is 0.660. The smallest absolute Gasteiger partial charge is 0.143 e. The molecule has 0 spiro atoms. The molecule has 11 rings (SSSR count). The maximum absolute atomic E-state index is 6.76. The van der Waals surface area contributed by atoms with Gasteiger partial charge in [0.15, 0.2) is 0 Å². The van der Waals surface area contributed by atoms with Gasteiger partial charge in [0.1, 0.15) is 22.3 Å². The first-order valence-electron chi connectivity index (χ1n) is 18.6. The lowest BCUT2D eigenvalue weighted by Crippen LogP contribution is -2.16. The van der Waals surface area contributed by atoms with Gasteiger partial charge in [0.05, 0.1) is 11.1 Å². The summed E-state index contributed by atoms with van der Waals surface area (Å²) >= 11 is 0. The molecule has 2 aromatic heterocycles. The van der Waals surface area contributed by atoms with Gasteiger partial charge in [-0.25, -0.2) is 0 Å². The van der Waals surface area contributed by atoms with E-state index in [0.29, 0.717) is 0 Å². The summed E-state index contributed by atoms with van der Waals surface area (Å²) in [7, 11) is 0. The van der Waals surface area contributed by atoms with Crippen LogP contribution >= 0.6 is 0 Å². The van der Waals surface area contributed by atoms with Crippen LogP contribution in [-0.2, 0) is 5.41 Å². The number of benzene rings is 8. The van der Waals surface area contributed by atoms with E-state index in [2.05, 4.69) is 183 Å². The summed E-state index contributed by atoms with van der Waals surface area (Å²) in [5.41, 5.74) is 16.3. The Hall–Kier alpha value is -6.84. The third-order valence-corrected chi connectivity index (χ3v) is 11.5. The fourth-order valence-corrected chi connectivity index (χ4v) is 8.83. The minimum atomic E-state index is -0.191. The standard InChI is InChI=1S/C51H35NO2/c1-51(2)43-28-23-34(32-13-5-3-6-14-32)29-42(43)38-26-24-35(30-44(38)51)52(36-25-27-40-39-17-9-10-21-46(39)53-48(40)31-36)45-20-12-22-47-49(45)41-19-11-18-37(50(41)54-47)33-15-7-4-8-16-33/h3-31H,1-2H3. The number of para-hydroxylation sites is 2. The maximum Gasteiger partial charge on any atom is 0.143 e. The first-order chi connectivity index (χ1) is 26.5. The predicted octanol–water partition coefficient (Wildman–Crippen LogP) is 14.6. The van der Waals surface area contributed by atoms with Crippen LogP contribution in [0.15, 0.2) is 185 Å². The second-order valence-electron chi connectivity index (χ2n) is 14.9. The van der Waals surface area contributed by atoms with Crippen molar-refractivity contribution in [3.63, 3.8) is 0 Å². The number of nitrogens with zero attached hydrogens (tertiary/aromatic N) is 1. The third kappa shape index (κ3) is 4.55. The zero-order chi connectivity index (χ0) is 36.0. The molecule has 0 saturated carbocycles. The summed E-state index contributed by atoms with van der Waals surface area (Å²) in [4.78, 5) is 2.38. The van der Waals surface area contributed by atoms with Crippen molar-refractivity contribution in [2.24, 2.45) is 0 Å². The highest BCUT2D eigenvalue weighted by Gasteiger charge is 2.36. The van der Waals surface area contributed by atoms with Gasteiger partial charge in [-0.2, -0.15) is 0 Å². The number of hydrogen-bond donors (Lipinski definition) is 0. The molecule has 3 heteroatoms. The second kappa shape index (κ2) is 11.6. The van der Waals surface area contributed by atoms with Crippen molar-refractivity contribution in [3.8, 4) is 33.4 Å². The van der Waals surface area contributed by atoms with Gasteiger partial charge in [0.25, 0.3) is 0 Å². The summed E-state index contributed by atoms with van der Waals surface area (Å²) in [6.07, 6.45) is 0. The quantitative estimate of drug-likeness (QED) is 0.180. The van der Waals surface area contributed by atoms with E-state index in [1.165, 1.54) is 33.4 Å². The van der Waals surface area contributed by atoms with Crippen LogP contribution in [0.5, 0.6) is 0 Å². The lowest BCUT2D eigenvalue weighted by atomic mass is 9.82. The topological polar surface area (TPSA) is 29.5 Å². The Bertz CT molecular complexity index is 3080. The molecule has 0 radical (unpaired) electrons. The van der Waals surface area contributed by atoms with Crippen molar-refractivity contribution in [2.45, 2.75) is 19.3 Å². The van der Waals surface area contributed by atoms with Gasteiger partial charge in [-0.3, -0.25) is 0 Å². The van der Waals surface area contributed by atoms with Crippen molar-refractivity contribution in [1.82, 2.24) is 0 Å². The summed E-state index contributed by atoms with van der Waals surface area (Å²) in [5, 5.41) is 4.38. The van der Waals surface area contributed by atoms with Crippen molar-refractivity contribution in [2.75, 3.05) is 4.90 Å². The summed E-state index contributed by atoms with van der Waals surface area (Å²) in [6, 6.07) is 62.9. The monoisotopic (exact) mass is 693 g/mol. The Kier molecular flexibility index (Phi) is 6.60. The molecule has 0 saturated heterocycles. The molecular weight excluding hydrogens is 659 g/mol. The van der Waals surface area contributed by atoms with Crippen LogP contribution in [0.1, 0.15) is 25.0 Å². The SMILES string of the molecule is CC1(C)c2ccc(-c3ccccc3)cc2-c2ccc(N(c3ccc4c(c3)oc3ccccc34)c3cccc4oc5c(-c6ccccc6)cccc5c34)cc21. The molecular formula is C51H35NO2. The van der Waals surface area contributed by atoms with E-state index in [9.17, 15) is 0 Å². The summed E-state index contributed by atoms with van der Waals surface area (Å²) in [6.45, 7) is 4.70. The van der Waals surface area contributed by atoms with Crippen LogP contribution in [0.4, 0.5) is 17.1 Å². The molecule has 8 aromatic carbocycles. The van der Waals surface area contributed by atoms with Gasteiger partial charge >= 0.3 is 0 Å². The van der Waals surface area contributed by atoms with Crippen molar-refractivity contribution in [1.29, 1.82) is 0 Å². The highest BCUT2D eigenvalue weighted by molar-refractivity contribution is 6.16. The third-order valence-electron chi connectivity index (χ3n) is 11.5. The Balaban J connectivity index is 1.14. The Labute approximate surface area is 313 Å². The van der Waals surface area contributed by atoms with Crippen molar-refractivity contribution >= 4 is 60.9 Å². The predicted molar refractivity (Wildman–Crippen MR) is 224 cm³/mol. The van der Waals surface area contributed by atoms with E-state index < -0.39 is 0 Å². The molecule has 0 bridgehead atoms. The Morgan fingerprint density at radius 2 is 1.09 bits per heavy atom. The van der Waals surface area contributed by atoms with Crippen LogP contribution in [0.2, 0.25) is 0 Å². The normalized spacial score (nSPS) is 13.1. The Morgan fingerprint density at radius 1 is 0.407 bits per heavy atom. The maximum atomic E-state index is 6.76. The fourth-order valence-electron chi connectivity index (χ4n) is 8.83. The van der Waals surface area contributed by atoms with Gasteiger partial charge in [-0.05, 0) is 87.5 Å². The van der Waals surface area contributed by atoms with E-state index in [1.54, 1.807) is 0 Å². The molecule has 3 nitrogen and oxygen atoms in total. The molecule has 1 aliphatic rings. The zero-order valence-electron chi connectivity index (χ0n) is 30.0. The van der Waals surface area contributed by atoms with E-state index in [0.717, 1.165) is 72.1 Å². The average Bonchev–Trinajstić information content (AvgIpc) is 3.86. The molecule has 0 aliphatic heterocycles. The molecule has 0 amide bonds. The zero-order valence-corrected chi connectivity index (χ0v) is 30.0. The van der Waals surface area contributed by atoms with Gasteiger partial charge in [-0.15, -0.1) is 0 Å². The molecule has 54 heavy (non-hydrogen) atoms. The van der Waals surface area contributed by atoms with Crippen LogP contribution in [0.3, 0.4) is 0 Å². The van der Waals surface area contributed by atoms with Gasteiger partial charge < -0.3 is 13.7 Å². The molecule has 0 atom stereocenters. The highest BCUT2D eigenvalue weighted by Crippen LogP contribution is 2.53. The van der Waals surface area contributed by atoms with Crippen LogP contribution in [-0.4, -0.2) is 0 Å². The van der Waals surface area contributed by atoms with Gasteiger partial charge in [0.2, 0.25) is 0 Å². The molecule has 1 aliphatic carbocycles. The molecule has 0 unspecified atom stereocenters. The van der Waals surface area contributed by atoms with E-state index in [4.69, 9.17) is 8.83 Å². The number of hydrogen-bond acceptors (Lipinski definition) is 3. The van der Waals surface area contributed by atoms with E-state index in [1.807, 2.05) is 12.1 Å². The minimum Gasteiger partial charge on any atom is -0.456 e. The largest absolute Gasteiger partial charge is 0.456 e. The minimum absolute atomic E-state index is 0.191. The number of furan rings is 2. The first kappa shape index (κ1) is 30.8.